The van der Waals surface area contributed by atoms with E-state index < -0.39 is 76.2 Å². The molecular weight excluding hydrogens is 632 g/mol. The lowest BCUT2D eigenvalue weighted by Gasteiger charge is -2.54. The Hall–Kier alpha value is -5.50. The Kier molecular flexibility index (Phi) is 7.58. The zero-order valence-corrected chi connectivity index (χ0v) is 26.4. The highest BCUT2D eigenvalue weighted by Crippen LogP contribution is 2.51. The first-order valence-electron chi connectivity index (χ1n) is 15.6. The van der Waals surface area contributed by atoms with Crippen LogP contribution < -0.4 is 11.1 Å². The number of fused-ring (bicyclic) bond motifs is 3. The third kappa shape index (κ3) is 4.80. The summed E-state index contributed by atoms with van der Waals surface area (Å²) in [5, 5.41) is 37.5. The molecule has 13 nitrogen and oxygen atoms in total. The number of Topliss-reactive ketones (excluding diaryl/α,β-unsaturated/α-hetero) is 4. The summed E-state index contributed by atoms with van der Waals surface area (Å²) < 4.78 is 5.59. The van der Waals surface area contributed by atoms with Gasteiger partial charge in [0.1, 0.15) is 17.7 Å². The van der Waals surface area contributed by atoms with Crippen LogP contribution in [0.15, 0.2) is 77.4 Å². The minimum absolute atomic E-state index is 0.00419. The van der Waals surface area contributed by atoms with Gasteiger partial charge in [-0.05, 0) is 43.3 Å². The molecular formula is C36H32N4O9. The van der Waals surface area contributed by atoms with Crippen LogP contribution in [0.1, 0.15) is 15.9 Å². The van der Waals surface area contributed by atoms with Gasteiger partial charge in [0, 0.05) is 11.5 Å². The van der Waals surface area contributed by atoms with Gasteiger partial charge in [0.25, 0.3) is 6.01 Å². The third-order valence-electron chi connectivity index (χ3n) is 10.1. The Labute approximate surface area is 279 Å². The minimum Gasteiger partial charge on any atom is -0.505 e. The van der Waals surface area contributed by atoms with Crippen LogP contribution in [0.4, 0.5) is 11.7 Å². The molecule has 0 spiro atoms. The van der Waals surface area contributed by atoms with Crippen molar-refractivity contribution in [3.05, 3.63) is 84.1 Å². The van der Waals surface area contributed by atoms with Crippen molar-refractivity contribution in [2.45, 2.75) is 24.2 Å². The number of likely N-dealkylation sites (N-methyl/N-ethyl adjacent to an activating group) is 1. The van der Waals surface area contributed by atoms with Crippen LogP contribution in [0, 0.1) is 23.7 Å². The van der Waals surface area contributed by atoms with Gasteiger partial charge in [-0.2, -0.15) is 4.98 Å². The van der Waals surface area contributed by atoms with E-state index in [1.807, 2.05) is 54.6 Å². The minimum atomic E-state index is -3.06. The number of oxazole rings is 1. The molecule has 0 bridgehead atoms. The number of nitrogens with two attached hydrogens (primary N) is 1. The van der Waals surface area contributed by atoms with E-state index in [0.29, 0.717) is 11.3 Å². The fraction of sp³-hybridized carbons (Fsp3) is 0.278. The van der Waals surface area contributed by atoms with Gasteiger partial charge in [0.2, 0.25) is 5.91 Å². The molecule has 13 heteroatoms. The van der Waals surface area contributed by atoms with E-state index >= 15 is 0 Å². The van der Waals surface area contributed by atoms with Crippen molar-refractivity contribution in [2.24, 2.45) is 29.4 Å². The summed E-state index contributed by atoms with van der Waals surface area (Å²) in [5.41, 5.74) is 5.74. The molecule has 3 aliphatic carbocycles. The molecule has 7 rings (SSSR count). The van der Waals surface area contributed by atoms with Crippen molar-refractivity contribution >= 4 is 40.7 Å². The molecule has 49 heavy (non-hydrogen) atoms. The second-order valence-electron chi connectivity index (χ2n) is 13.0. The number of phenolic OH excluding ortho intramolecular Hbond substituents is 1. The number of hydrogen-bond donors (Lipinski definition) is 5. The molecule has 0 saturated heterocycles. The lowest BCUT2D eigenvalue weighted by molar-refractivity contribution is -0.195. The Balaban J connectivity index is 1.19. The number of carbonyl (C=O) groups excluding carboxylic acids is 5. The van der Waals surface area contributed by atoms with Crippen LogP contribution in [0.2, 0.25) is 0 Å². The van der Waals surface area contributed by atoms with E-state index in [1.54, 1.807) is 6.07 Å². The van der Waals surface area contributed by atoms with E-state index in [4.69, 9.17) is 10.2 Å². The van der Waals surface area contributed by atoms with Crippen LogP contribution in [0.25, 0.3) is 22.4 Å². The molecule has 250 valence electrons. The molecule has 2 unspecified atom stereocenters. The van der Waals surface area contributed by atoms with Gasteiger partial charge < -0.3 is 30.8 Å². The maximum Gasteiger partial charge on any atom is 0.299 e. The molecule has 0 radical (unpaired) electrons. The fourth-order valence-electron chi connectivity index (χ4n) is 7.73. The Morgan fingerprint density at radius 3 is 2.27 bits per heavy atom. The summed E-state index contributed by atoms with van der Waals surface area (Å²) in [6.07, 6.45) is -0.356. The molecule has 6 N–H and O–H groups in total. The average molecular weight is 665 g/mol. The van der Waals surface area contributed by atoms with Crippen LogP contribution >= 0.6 is 0 Å². The first-order valence-corrected chi connectivity index (χ1v) is 15.6. The smallest absolute Gasteiger partial charge is 0.299 e. The van der Waals surface area contributed by atoms with E-state index in [0.717, 1.165) is 16.7 Å². The number of phenols is 1. The normalized spacial score (nSPS) is 27.8. The molecule has 1 heterocycles. The number of hydrogen-bond acceptors (Lipinski definition) is 12. The molecule has 0 aliphatic heterocycles. The summed E-state index contributed by atoms with van der Waals surface area (Å²) in [6, 6.07) is 19.2. The molecule has 4 aromatic rings. The van der Waals surface area contributed by atoms with E-state index in [-0.39, 0.29) is 23.7 Å². The van der Waals surface area contributed by atoms with Crippen LogP contribution in [0.5, 0.6) is 5.75 Å². The summed E-state index contributed by atoms with van der Waals surface area (Å²) in [7, 11) is 2.87. The van der Waals surface area contributed by atoms with Gasteiger partial charge >= 0.3 is 0 Å². The number of aliphatic hydroxyl groups excluding tert-OH is 1. The van der Waals surface area contributed by atoms with Crippen LogP contribution in [-0.2, 0) is 25.6 Å². The lowest BCUT2D eigenvalue weighted by Crippen LogP contribution is -2.77. The van der Waals surface area contributed by atoms with Gasteiger partial charge in [0.05, 0.1) is 35.2 Å². The number of aromatic hydroxyl groups is 1. The fourth-order valence-corrected chi connectivity index (χ4v) is 7.73. The summed E-state index contributed by atoms with van der Waals surface area (Å²) in [5.74, 6) is -13.2. The number of nitrogens with one attached hydrogen (secondary N) is 1. The second kappa shape index (κ2) is 11.6. The summed E-state index contributed by atoms with van der Waals surface area (Å²) >= 11 is 0. The Morgan fingerprint density at radius 2 is 1.61 bits per heavy atom. The molecule has 2 fully saturated rings. The number of amides is 1. The molecule has 1 aromatic heterocycles. The van der Waals surface area contributed by atoms with Gasteiger partial charge in [-0.25, -0.2) is 0 Å². The number of aliphatic hydroxyl groups is 2. The molecule has 3 aromatic carbocycles. The van der Waals surface area contributed by atoms with E-state index in [2.05, 4.69) is 10.3 Å². The van der Waals surface area contributed by atoms with Crippen LogP contribution in [0.3, 0.4) is 0 Å². The maximum absolute atomic E-state index is 14.1. The van der Waals surface area contributed by atoms with Crippen molar-refractivity contribution in [2.75, 3.05) is 19.4 Å². The molecule has 7 atom stereocenters. The standard InChI is InChI=1S/C36H32N4O9/c1-40(2)27-26-28(41)20-14-19-12-13-21(38-35-39-22(15-49-35)18-10-8-17(9-11-18)16-6-4-3-5-7-16)29(42)23(19)30(43)24(20)32(45)36(26,48)33(46)25(31(27)44)34(37)47/h3-13,15,20,24-28,41-42,48H,14H2,1-2H3,(H2,37,47)(H,38,39)/t20-,24?,25?,26-,27+,28+,36+/m0/s1. The quantitative estimate of drug-likeness (QED) is 0.148. The van der Waals surface area contributed by atoms with Gasteiger partial charge in [-0.1, -0.05) is 60.7 Å². The highest BCUT2D eigenvalue weighted by atomic mass is 16.4. The number of anilines is 2. The van der Waals surface area contributed by atoms with Gasteiger partial charge in [0.15, 0.2) is 34.7 Å². The first-order chi connectivity index (χ1) is 23.3. The predicted octanol–water partition coefficient (Wildman–Crippen LogP) is 1.90. The van der Waals surface area contributed by atoms with E-state index in [1.165, 1.54) is 31.3 Å². The molecule has 3 aliphatic rings. The molecule has 2 saturated carbocycles. The zero-order valence-electron chi connectivity index (χ0n) is 26.4. The highest BCUT2D eigenvalue weighted by molar-refractivity contribution is 6.32. The maximum atomic E-state index is 14.1. The van der Waals surface area contributed by atoms with Crippen LogP contribution in [-0.4, -0.2) is 86.1 Å². The summed E-state index contributed by atoms with van der Waals surface area (Å²) in [4.78, 5) is 72.8. The van der Waals surface area contributed by atoms with Crippen molar-refractivity contribution in [3.8, 4) is 28.1 Å². The third-order valence-corrected chi connectivity index (χ3v) is 10.1. The first kappa shape index (κ1) is 32.1. The highest BCUT2D eigenvalue weighted by Gasteiger charge is 2.72. The lowest BCUT2D eigenvalue weighted by atomic mass is 9.51. The molecule has 1 amide bonds. The number of benzene rings is 3. The average Bonchev–Trinajstić information content (AvgIpc) is 3.55. The summed E-state index contributed by atoms with van der Waals surface area (Å²) in [6.45, 7) is 0. The monoisotopic (exact) mass is 664 g/mol. The zero-order chi connectivity index (χ0) is 34.9. The van der Waals surface area contributed by atoms with Crippen molar-refractivity contribution < 1.29 is 43.7 Å². The SMILES string of the molecule is CN(C)[C@H]1C(=O)C(C(N)=O)C(=O)[C@]2(O)C(=O)C3C(=O)c4c(ccc(Nc5nc(-c6ccc(-c7ccccc7)cc6)co5)c4O)C[C@@H]3[C@@H](O)[C@H]12. The number of rotatable bonds is 6. The van der Waals surface area contributed by atoms with Crippen molar-refractivity contribution in [1.29, 1.82) is 0 Å². The van der Waals surface area contributed by atoms with Gasteiger partial charge in [-0.15, -0.1) is 0 Å². The number of ketones is 4. The van der Waals surface area contributed by atoms with E-state index in [9.17, 15) is 39.3 Å². The second-order valence-corrected chi connectivity index (χ2v) is 13.0. The Bertz CT molecular complexity index is 2040. The number of carbonyl (C=O) groups is 5. The van der Waals surface area contributed by atoms with Crippen molar-refractivity contribution in [1.82, 2.24) is 9.88 Å². The topological polar surface area (TPSA) is 213 Å². The Morgan fingerprint density at radius 1 is 0.959 bits per heavy atom. The number of aromatic nitrogens is 1. The van der Waals surface area contributed by atoms with Crippen molar-refractivity contribution in [3.63, 3.8) is 0 Å². The number of nitrogens with zero attached hydrogens (tertiary/aromatic N) is 2. The van der Waals surface area contributed by atoms with Gasteiger partial charge in [-0.3, -0.25) is 28.9 Å². The number of primary amides is 1. The largest absolute Gasteiger partial charge is 0.505 e. The predicted molar refractivity (Wildman–Crippen MR) is 173 cm³/mol.